The molecule has 0 heterocycles. The van der Waals surface area contributed by atoms with E-state index in [-0.39, 0.29) is 29.8 Å². The molecule has 4 nitrogen and oxygen atoms in total. The molecule has 1 aromatic carbocycles. The van der Waals surface area contributed by atoms with Crippen LogP contribution >= 0.6 is 0 Å². The van der Waals surface area contributed by atoms with Gasteiger partial charge in [0.25, 0.3) is 0 Å². The van der Waals surface area contributed by atoms with Crippen LogP contribution in [0.4, 0.5) is 4.39 Å². The molecule has 1 aromatic rings. The molecule has 1 unspecified atom stereocenters. The van der Waals surface area contributed by atoms with E-state index in [1.807, 2.05) is 13.8 Å². The van der Waals surface area contributed by atoms with Crippen LogP contribution < -0.4 is 4.74 Å². The zero-order valence-electron chi connectivity index (χ0n) is 11.4. The van der Waals surface area contributed by atoms with Crippen LogP contribution in [0.15, 0.2) is 18.2 Å². The van der Waals surface area contributed by atoms with Gasteiger partial charge >= 0.3 is 0 Å². The van der Waals surface area contributed by atoms with Gasteiger partial charge in [-0.25, -0.2) is 4.39 Å². The van der Waals surface area contributed by atoms with Crippen LogP contribution in [-0.4, -0.2) is 38.8 Å². The summed E-state index contributed by atoms with van der Waals surface area (Å²) in [6, 6.07) is 4.09. The van der Waals surface area contributed by atoms with Gasteiger partial charge in [0.15, 0.2) is 17.3 Å². The Balaban J connectivity index is 2.51. The van der Waals surface area contributed by atoms with Gasteiger partial charge in [-0.1, -0.05) is 0 Å². The molecule has 0 saturated heterocycles. The Morgan fingerprint density at radius 1 is 1.42 bits per heavy atom. The molecule has 0 saturated carbocycles. The van der Waals surface area contributed by atoms with Crippen molar-refractivity contribution in [3.63, 3.8) is 0 Å². The lowest BCUT2D eigenvalue weighted by Gasteiger charge is -2.12. The Hall–Kier alpha value is -1.46. The summed E-state index contributed by atoms with van der Waals surface area (Å²) in [4.78, 5) is 11.8. The van der Waals surface area contributed by atoms with Gasteiger partial charge in [0.1, 0.15) is 6.61 Å². The van der Waals surface area contributed by atoms with Gasteiger partial charge in [0.05, 0.1) is 19.8 Å². The van der Waals surface area contributed by atoms with Crippen LogP contribution in [0.1, 0.15) is 24.2 Å². The molecule has 0 amide bonds. The van der Waals surface area contributed by atoms with E-state index in [4.69, 9.17) is 14.2 Å². The minimum atomic E-state index is -0.560. The second-order valence-corrected chi connectivity index (χ2v) is 4.05. The number of ether oxygens (including phenoxy) is 3. The van der Waals surface area contributed by atoms with Gasteiger partial charge in [-0.3, -0.25) is 4.79 Å². The average Bonchev–Trinajstić information content (AvgIpc) is 2.42. The van der Waals surface area contributed by atoms with Gasteiger partial charge in [0.2, 0.25) is 0 Å². The van der Waals surface area contributed by atoms with Crippen molar-refractivity contribution in [3.8, 4) is 5.75 Å². The lowest BCUT2D eigenvalue weighted by Crippen LogP contribution is -2.20. The molecule has 0 aliphatic carbocycles. The van der Waals surface area contributed by atoms with Gasteiger partial charge in [0, 0.05) is 12.2 Å². The predicted octanol–water partition coefficient (Wildman–Crippen LogP) is 2.46. The van der Waals surface area contributed by atoms with E-state index in [0.29, 0.717) is 13.2 Å². The number of ketones is 1. The first-order chi connectivity index (χ1) is 9.08. The molecule has 106 valence electrons. The van der Waals surface area contributed by atoms with Crippen molar-refractivity contribution < 1.29 is 23.4 Å². The first kappa shape index (κ1) is 15.6. The Labute approximate surface area is 112 Å². The third kappa shape index (κ3) is 4.96. The average molecular weight is 270 g/mol. The Morgan fingerprint density at radius 2 is 2.16 bits per heavy atom. The van der Waals surface area contributed by atoms with E-state index in [0.717, 1.165) is 6.07 Å². The van der Waals surface area contributed by atoms with Gasteiger partial charge < -0.3 is 14.2 Å². The smallest absolute Gasteiger partial charge is 0.188 e. The summed E-state index contributed by atoms with van der Waals surface area (Å²) in [5.41, 5.74) is 0.266. The number of Topliss-reactive ketones (excluding diaryl/α,β-unsaturated/α-hetero) is 1. The largest absolute Gasteiger partial charge is 0.494 e. The van der Waals surface area contributed by atoms with E-state index in [1.165, 1.54) is 19.2 Å². The molecule has 0 N–H and O–H groups in total. The van der Waals surface area contributed by atoms with Crippen molar-refractivity contribution in [2.24, 2.45) is 0 Å². The summed E-state index contributed by atoms with van der Waals surface area (Å²) in [7, 11) is 1.37. The molecule has 0 bridgehead atoms. The molecular formula is C14H19FO4. The summed E-state index contributed by atoms with van der Waals surface area (Å²) in [5.74, 6) is -0.720. The van der Waals surface area contributed by atoms with E-state index in [2.05, 4.69) is 0 Å². The summed E-state index contributed by atoms with van der Waals surface area (Å²) in [6.45, 7) is 4.64. The maximum absolute atomic E-state index is 13.4. The second kappa shape index (κ2) is 7.86. The summed E-state index contributed by atoms with van der Waals surface area (Å²) in [6.07, 6.45) is -0.174. The van der Waals surface area contributed by atoms with E-state index >= 15 is 0 Å². The molecule has 0 aliphatic rings. The first-order valence-corrected chi connectivity index (χ1v) is 6.14. The number of hydrogen-bond acceptors (Lipinski definition) is 4. The van der Waals surface area contributed by atoms with Crippen LogP contribution in [0.5, 0.6) is 5.75 Å². The Morgan fingerprint density at radius 3 is 2.74 bits per heavy atom. The lowest BCUT2D eigenvalue weighted by atomic mass is 10.1. The summed E-state index contributed by atoms with van der Waals surface area (Å²) in [5, 5.41) is 0. The van der Waals surface area contributed by atoms with E-state index < -0.39 is 5.82 Å². The van der Waals surface area contributed by atoms with Crippen molar-refractivity contribution in [1.82, 2.24) is 0 Å². The van der Waals surface area contributed by atoms with Crippen LogP contribution in [0.3, 0.4) is 0 Å². The number of methoxy groups -OCH3 is 1. The minimum absolute atomic E-state index is 0.0972. The second-order valence-electron chi connectivity index (χ2n) is 4.05. The van der Waals surface area contributed by atoms with E-state index in [9.17, 15) is 9.18 Å². The molecule has 5 heteroatoms. The van der Waals surface area contributed by atoms with Crippen LogP contribution in [-0.2, 0) is 9.47 Å². The van der Waals surface area contributed by atoms with Crippen molar-refractivity contribution >= 4 is 5.78 Å². The molecule has 0 aliphatic heterocycles. The number of hydrogen-bond donors (Lipinski definition) is 0. The third-order valence-electron chi connectivity index (χ3n) is 2.53. The van der Waals surface area contributed by atoms with Gasteiger partial charge in [-0.2, -0.15) is 0 Å². The van der Waals surface area contributed by atoms with Crippen molar-refractivity contribution in [3.05, 3.63) is 29.6 Å². The fourth-order valence-electron chi connectivity index (χ4n) is 1.47. The number of carbonyl (C=O) groups is 1. The molecule has 0 radical (unpaired) electrons. The molecule has 0 spiro atoms. The number of benzene rings is 1. The van der Waals surface area contributed by atoms with Crippen molar-refractivity contribution in [2.45, 2.75) is 20.0 Å². The Bertz CT molecular complexity index is 420. The predicted molar refractivity (Wildman–Crippen MR) is 69.2 cm³/mol. The fraction of sp³-hybridized carbons (Fsp3) is 0.500. The molecule has 1 atom stereocenters. The van der Waals surface area contributed by atoms with Gasteiger partial charge in [-0.15, -0.1) is 0 Å². The maximum atomic E-state index is 13.4. The molecule has 0 fully saturated rings. The lowest BCUT2D eigenvalue weighted by molar-refractivity contribution is 0.00114. The van der Waals surface area contributed by atoms with Crippen LogP contribution in [0, 0.1) is 5.82 Å². The first-order valence-electron chi connectivity index (χ1n) is 6.14. The summed E-state index contributed by atoms with van der Waals surface area (Å²) < 4.78 is 28.7. The quantitative estimate of drug-likeness (QED) is 0.681. The highest BCUT2D eigenvalue weighted by atomic mass is 19.1. The number of halogens is 1. The highest BCUT2D eigenvalue weighted by Crippen LogP contribution is 2.18. The van der Waals surface area contributed by atoms with E-state index in [1.54, 1.807) is 0 Å². The molecular weight excluding hydrogens is 251 g/mol. The zero-order valence-corrected chi connectivity index (χ0v) is 11.4. The van der Waals surface area contributed by atoms with Crippen LogP contribution in [0.25, 0.3) is 0 Å². The number of carbonyl (C=O) groups excluding carboxylic acids is 1. The maximum Gasteiger partial charge on any atom is 0.188 e. The zero-order chi connectivity index (χ0) is 14.3. The molecule has 0 aromatic heterocycles. The fourth-order valence-corrected chi connectivity index (χ4v) is 1.47. The number of rotatable bonds is 8. The van der Waals surface area contributed by atoms with Crippen LogP contribution in [0.2, 0.25) is 0 Å². The van der Waals surface area contributed by atoms with Crippen molar-refractivity contribution in [1.29, 1.82) is 0 Å². The minimum Gasteiger partial charge on any atom is -0.494 e. The third-order valence-corrected chi connectivity index (χ3v) is 2.53. The van der Waals surface area contributed by atoms with Gasteiger partial charge in [-0.05, 0) is 32.0 Å². The monoisotopic (exact) mass is 270 g/mol. The summed E-state index contributed by atoms with van der Waals surface area (Å²) >= 11 is 0. The topological polar surface area (TPSA) is 44.8 Å². The molecule has 1 rings (SSSR count). The normalized spacial score (nSPS) is 12.2. The molecule has 19 heavy (non-hydrogen) atoms. The SMILES string of the molecule is CCOCC(C)OCC(=O)c1ccc(OC)c(F)c1. The Kier molecular flexibility index (Phi) is 6.45. The highest BCUT2D eigenvalue weighted by Gasteiger charge is 2.12. The standard InChI is InChI=1S/C14H19FO4/c1-4-18-8-10(2)19-9-13(16)11-5-6-14(17-3)12(15)7-11/h5-7,10H,4,8-9H2,1-3H3. The van der Waals surface area contributed by atoms with Crippen molar-refractivity contribution in [2.75, 3.05) is 26.9 Å². The highest BCUT2D eigenvalue weighted by molar-refractivity contribution is 5.97.